The number of carbonyl (C=O) groups is 1. The van der Waals surface area contributed by atoms with Gasteiger partial charge in [-0.25, -0.2) is 0 Å². The molecule has 0 saturated carbocycles. The van der Waals surface area contributed by atoms with E-state index in [1.54, 1.807) is 24.2 Å². The first-order valence-electron chi connectivity index (χ1n) is 8.73. The Balaban J connectivity index is 1.96. The van der Waals surface area contributed by atoms with Gasteiger partial charge in [0.05, 0.1) is 6.04 Å². The van der Waals surface area contributed by atoms with Crippen molar-refractivity contribution in [2.24, 2.45) is 0 Å². The van der Waals surface area contributed by atoms with E-state index in [0.717, 1.165) is 22.9 Å². The summed E-state index contributed by atoms with van der Waals surface area (Å²) in [5.41, 5.74) is -0.376. The van der Waals surface area contributed by atoms with Crippen molar-refractivity contribution in [2.45, 2.75) is 12.2 Å². The average molecular weight is 401 g/mol. The Morgan fingerprint density at radius 1 is 0.966 bits per heavy atom. The predicted octanol–water partition coefficient (Wildman–Crippen LogP) is 3.95. The number of benzene rings is 2. The highest BCUT2D eigenvalue weighted by molar-refractivity contribution is 5.94. The van der Waals surface area contributed by atoms with Crippen molar-refractivity contribution in [3.05, 3.63) is 99.5 Å². The molecule has 150 valence electrons. The number of nitrogens with one attached hydrogen (secondary N) is 3. The van der Waals surface area contributed by atoms with E-state index >= 15 is 0 Å². The maximum atomic E-state index is 12.7. The lowest BCUT2D eigenvalue weighted by Gasteiger charge is -2.20. The van der Waals surface area contributed by atoms with Crippen LogP contribution >= 0.6 is 0 Å². The second-order valence-electron chi connectivity index (χ2n) is 6.31. The molecule has 0 radical (unpaired) electrons. The first-order valence-corrected chi connectivity index (χ1v) is 8.73. The first-order chi connectivity index (χ1) is 13.8. The number of alkyl halides is 3. The number of rotatable bonds is 5. The largest absolute Gasteiger partial charge is 0.431 e. The standard InChI is InChI=1S/C21H18F3N3O2/c1-25-15-9-5-8-14(12-15)18(13-6-3-2-4-7-13)27-20(29)16-10-11-17(21(22,23)24)26-19(16)28/h2-12,18,25H,1H3,(H,26,28)(H,27,29). The fourth-order valence-corrected chi connectivity index (χ4v) is 2.91. The van der Waals surface area contributed by atoms with Crippen molar-refractivity contribution in [3.63, 3.8) is 0 Å². The molecule has 1 amide bonds. The van der Waals surface area contributed by atoms with Crippen molar-refractivity contribution in [1.29, 1.82) is 0 Å². The summed E-state index contributed by atoms with van der Waals surface area (Å²) in [5, 5.41) is 5.76. The van der Waals surface area contributed by atoms with Crippen molar-refractivity contribution in [3.8, 4) is 0 Å². The molecule has 3 N–H and O–H groups in total. The Bertz CT molecular complexity index is 1060. The number of H-pyrrole nitrogens is 1. The molecular formula is C21H18F3N3O2. The van der Waals surface area contributed by atoms with E-state index in [4.69, 9.17) is 0 Å². The Hall–Kier alpha value is -3.55. The zero-order chi connectivity index (χ0) is 21.0. The van der Waals surface area contributed by atoms with E-state index in [-0.39, 0.29) is 0 Å². The lowest BCUT2D eigenvalue weighted by atomic mass is 9.97. The molecule has 1 unspecified atom stereocenters. The van der Waals surface area contributed by atoms with Crippen LogP contribution < -0.4 is 16.2 Å². The zero-order valence-corrected chi connectivity index (χ0v) is 15.4. The molecule has 1 aromatic heterocycles. The van der Waals surface area contributed by atoms with Gasteiger partial charge in [-0.15, -0.1) is 0 Å². The number of anilines is 1. The Morgan fingerprint density at radius 3 is 2.28 bits per heavy atom. The van der Waals surface area contributed by atoms with Gasteiger partial charge in [0.15, 0.2) is 0 Å². The second-order valence-corrected chi connectivity index (χ2v) is 6.31. The van der Waals surface area contributed by atoms with E-state index in [2.05, 4.69) is 10.6 Å². The van der Waals surface area contributed by atoms with E-state index in [0.29, 0.717) is 6.07 Å². The lowest BCUT2D eigenvalue weighted by molar-refractivity contribution is -0.141. The van der Waals surface area contributed by atoms with Crippen molar-refractivity contribution in [2.75, 3.05) is 12.4 Å². The predicted molar refractivity (Wildman–Crippen MR) is 104 cm³/mol. The Labute approximate surface area is 164 Å². The number of pyridine rings is 1. The summed E-state index contributed by atoms with van der Waals surface area (Å²) in [4.78, 5) is 26.5. The maximum absolute atomic E-state index is 12.7. The molecular weight excluding hydrogens is 383 g/mol. The number of hydrogen-bond donors (Lipinski definition) is 3. The molecule has 1 atom stereocenters. The molecule has 0 saturated heterocycles. The van der Waals surface area contributed by atoms with Crippen LogP contribution in [-0.2, 0) is 6.18 Å². The monoisotopic (exact) mass is 401 g/mol. The third kappa shape index (κ3) is 4.66. The smallest absolute Gasteiger partial charge is 0.388 e. The number of amides is 1. The number of aromatic nitrogens is 1. The zero-order valence-electron chi connectivity index (χ0n) is 15.4. The van der Waals surface area contributed by atoms with Crippen LogP contribution in [0.5, 0.6) is 0 Å². The number of hydrogen-bond acceptors (Lipinski definition) is 3. The molecule has 0 aliphatic carbocycles. The van der Waals surface area contributed by atoms with Gasteiger partial charge in [-0.1, -0.05) is 42.5 Å². The summed E-state index contributed by atoms with van der Waals surface area (Å²) in [6.07, 6.45) is -4.70. The molecule has 0 spiro atoms. The summed E-state index contributed by atoms with van der Waals surface area (Å²) in [6.45, 7) is 0. The summed E-state index contributed by atoms with van der Waals surface area (Å²) in [6, 6.07) is 17.3. The maximum Gasteiger partial charge on any atom is 0.431 e. The molecule has 0 bridgehead atoms. The number of halogens is 3. The fraction of sp³-hybridized carbons (Fsp3) is 0.143. The third-order valence-corrected chi connectivity index (χ3v) is 4.38. The van der Waals surface area contributed by atoms with Crippen molar-refractivity contribution in [1.82, 2.24) is 10.3 Å². The summed E-state index contributed by atoms with van der Waals surface area (Å²) in [5.74, 6) is -0.774. The van der Waals surface area contributed by atoms with Crippen LogP contribution in [0.3, 0.4) is 0 Å². The van der Waals surface area contributed by atoms with Crippen LogP contribution in [0.15, 0.2) is 71.5 Å². The molecule has 1 heterocycles. The van der Waals surface area contributed by atoms with Gasteiger partial charge < -0.3 is 15.6 Å². The van der Waals surface area contributed by atoms with E-state index < -0.39 is 34.9 Å². The fourth-order valence-electron chi connectivity index (χ4n) is 2.91. The van der Waals surface area contributed by atoms with Crippen LogP contribution in [0.25, 0.3) is 0 Å². The van der Waals surface area contributed by atoms with Crippen LogP contribution in [-0.4, -0.2) is 17.9 Å². The number of carbonyl (C=O) groups excluding carboxylic acids is 1. The minimum Gasteiger partial charge on any atom is -0.388 e. The summed E-state index contributed by atoms with van der Waals surface area (Å²) in [7, 11) is 1.76. The van der Waals surface area contributed by atoms with Gasteiger partial charge in [0.25, 0.3) is 11.5 Å². The van der Waals surface area contributed by atoms with Gasteiger partial charge in [-0.05, 0) is 35.4 Å². The molecule has 29 heavy (non-hydrogen) atoms. The molecule has 0 aliphatic heterocycles. The summed E-state index contributed by atoms with van der Waals surface area (Å²) >= 11 is 0. The third-order valence-electron chi connectivity index (χ3n) is 4.38. The molecule has 8 heteroatoms. The minimum atomic E-state index is -4.70. The normalized spacial score (nSPS) is 12.3. The van der Waals surface area contributed by atoms with Gasteiger partial charge in [0.1, 0.15) is 11.3 Å². The van der Waals surface area contributed by atoms with Gasteiger partial charge in [-0.3, -0.25) is 9.59 Å². The van der Waals surface area contributed by atoms with E-state index in [9.17, 15) is 22.8 Å². The lowest BCUT2D eigenvalue weighted by Crippen LogP contribution is -2.34. The molecule has 3 aromatic rings. The Morgan fingerprint density at radius 2 is 1.66 bits per heavy atom. The van der Waals surface area contributed by atoms with Crippen molar-refractivity contribution < 1.29 is 18.0 Å². The summed E-state index contributed by atoms with van der Waals surface area (Å²) < 4.78 is 38.2. The van der Waals surface area contributed by atoms with Gasteiger partial charge >= 0.3 is 6.18 Å². The second kappa shape index (κ2) is 8.22. The van der Waals surface area contributed by atoms with E-state index in [1.165, 1.54) is 0 Å². The highest BCUT2D eigenvalue weighted by Gasteiger charge is 2.32. The first kappa shape index (κ1) is 20.2. The molecule has 5 nitrogen and oxygen atoms in total. The highest BCUT2D eigenvalue weighted by atomic mass is 19.4. The van der Waals surface area contributed by atoms with Crippen LogP contribution in [0.1, 0.15) is 33.2 Å². The van der Waals surface area contributed by atoms with Crippen LogP contribution in [0.4, 0.5) is 18.9 Å². The SMILES string of the molecule is CNc1cccc(C(NC(=O)c2ccc(C(F)(F)F)[nH]c2=O)c2ccccc2)c1. The van der Waals surface area contributed by atoms with Crippen LogP contribution in [0.2, 0.25) is 0 Å². The van der Waals surface area contributed by atoms with Crippen molar-refractivity contribution >= 4 is 11.6 Å². The van der Waals surface area contributed by atoms with Gasteiger partial charge in [0.2, 0.25) is 0 Å². The number of aromatic amines is 1. The minimum absolute atomic E-state index is 0.399. The molecule has 2 aromatic carbocycles. The molecule has 0 aliphatic rings. The molecule has 0 fully saturated rings. The van der Waals surface area contributed by atoms with Crippen LogP contribution in [0, 0.1) is 0 Å². The molecule has 3 rings (SSSR count). The Kier molecular flexibility index (Phi) is 5.72. The highest BCUT2D eigenvalue weighted by Crippen LogP contribution is 2.27. The quantitative estimate of drug-likeness (QED) is 0.606. The van der Waals surface area contributed by atoms with E-state index in [1.807, 2.05) is 42.5 Å². The topological polar surface area (TPSA) is 74.0 Å². The van der Waals surface area contributed by atoms with Gasteiger partial charge in [0, 0.05) is 12.7 Å². The van der Waals surface area contributed by atoms with Gasteiger partial charge in [-0.2, -0.15) is 13.2 Å². The average Bonchev–Trinajstić information content (AvgIpc) is 2.71.